The highest BCUT2D eigenvalue weighted by Gasteiger charge is 2.23. The fourth-order valence-corrected chi connectivity index (χ4v) is 2.47. The third-order valence-electron chi connectivity index (χ3n) is 3.58. The lowest BCUT2D eigenvalue weighted by Crippen LogP contribution is -2.34. The maximum absolute atomic E-state index is 12.4. The molecule has 1 amide bonds. The van der Waals surface area contributed by atoms with Crippen molar-refractivity contribution >= 4 is 5.91 Å². The van der Waals surface area contributed by atoms with Crippen LogP contribution in [0.4, 0.5) is 0 Å². The Labute approximate surface area is 116 Å². The number of hydrogen-bond acceptors (Lipinski definition) is 5. The Morgan fingerprint density at radius 2 is 2.00 bits per heavy atom. The molecule has 7 nitrogen and oxygen atoms in total. The van der Waals surface area contributed by atoms with Crippen molar-refractivity contribution in [1.82, 2.24) is 29.6 Å². The van der Waals surface area contributed by atoms with E-state index in [1.54, 1.807) is 18.3 Å². The summed E-state index contributed by atoms with van der Waals surface area (Å²) in [6.45, 7) is 3.27. The topological polar surface area (TPSA) is 76.8 Å². The van der Waals surface area contributed by atoms with E-state index >= 15 is 0 Å². The van der Waals surface area contributed by atoms with E-state index in [0.717, 1.165) is 29.8 Å². The summed E-state index contributed by atoms with van der Waals surface area (Å²) < 4.78 is 1.54. The highest BCUT2D eigenvalue weighted by molar-refractivity contribution is 5.90. The number of carbonyl (C=O) groups excluding carboxylic acids is 1. The number of rotatable bonds is 1. The molecular formula is C13H16N6O. The average molecular weight is 272 g/mol. The molecule has 2 aromatic heterocycles. The third-order valence-corrected chi connectivity index (χ3v) is 3.58. The second-order valence-electron chi connectivity index (χ2n) is 4.92. The highest BCUT2D eigenvalue weighted by atomic mass is 16.2. The molecule has 0 unspecified atom stereocenters. The molecule has 0 fully saturated rings. The van der Waals surface area contributed by atoms with Crippen LogP contribution in [0.1, 0.15) is 27.6 Å². The Balaban J connectivity index is 1.80. The normalized spacial score (nSPS) is 14.8. The monoisotopic (exact) mass is 272 g/mol. The van der Waals surface area contributed by atoms with Gasteiger partial charge in [0, 0.05) is 37.9 Å². The van der Waals surface area contributed by atoms with Gasteiger partial charge in [-0.3, -0.25) is 9.48 Å². The molecule has 0 bridgehead atoms. The van der Waals surface area contributed by atoms with Crippen LogP contribution in [0.3, 0.4) is 0 Å². The molecule has 0 N–H and O–H groups in total. The molecule has 0 saturated carbocycles. The molecule has 3 heterocycles. The number of carbonyl (C=O) groups is 1. The molecule has 0 atom stereocenters. The summed E-state index contributed by atoms with van der Waals surface area (Å²) in [6, 6.07) is 0. The fourth-order valence-electron chi connectivity index (χ4n) is 2.47. The summed E-state index contributed by atoms with van der Waals surface area (Å²) in [5.41, 5.74) is 3.21. The van der Waals surface area contributed by atoms with Gasteiger partial charge in [-0.05, 0) is 18.9 Å². The predicted molar refractivity (Wildman–Crippen MR) is 71.1 cm³/mol. The van der Waals surface area contributed by atoms with E-state index in [-0.39, 0.29) is 11.7 Å². The number of aryl methyl sites for hydroxylation is 2. The second-order valence-corrected chi connectivity index (χ2v) is 4.92. The summed E-state index contributed by atoms with van der Waals surface area (Å²) in [6.07, 6.45) is 4.65. The maximum atomic E-state index is 12.4. The Bertz CT molecular complexity index is 650. The summed E-state index contributed by atoms with van der Waals surface area (Å²) >= 11 is 0. The van der Waals surface area contributed by atoms with E-state index in [2.05, 4.69) is 20.1 Å². The first kappa shape index (κ1) is 12.7. The van der Waals surface area contributed by atoms with Gasteiger partial charge < -0.3 is 4.90 Å². The Hall–Kier alpha value is -2.31. The minimum Gasteiger partial charge on any atom is -0.335 e. The first-order valence-electron chi connectivity index (χ1n) is 6.59. The zero-order chi connectivity index (χ0) is 14.1. The van der Waals surface area contributed by atoms with E-state index in [1.165, 1.54) is 11.0 Å². The van der Waals surface area contributed by atoms with Gasteiger partial charge in [0.25, 0.3) is 5.91 Å². The van der Waals surface area contributed by atoms with Crippen LogP contribution < -0.4 is 0 Å². The van der Waals surface area contributed by atoms with Crippen LogP contribution >= 0.6 is 0 Å². The Morgan fingerprint density at radius 3 is 2.75 bits per heavy atom. The largest absolute Gasteiger partial charge is 0.335 e. The third kappa shape index (κ3) is 2.26. The molecule has 0 saturated heterocycles. The van der Waals surface area contributed by atoms with Crippen LogP contribution in [-0.4, -0.2) is 48.6 Å². The van der Waals surface area contributed by atoms with Gasteiger partial charge in [-0.15, -0.1) is 5.10 Å². The van der Waals surface area contributed by atoms with Crippen LogP contribution in [0.15, 0.2) is 12.7 Å². The second kappa shape index (κ2) is 4.99. The van der Waals surface area contributed by atoms with E-state index < -0.39 is 0 Å². The molecular weight excluding hydrogens is 256 g/mol. The summed E-state index contributed by atoms with van der Waals surface area (Å²) in [5.74, 6) is 0.130. The molecule has 0 aromatic carbocycles. The molecule has 1 aliphatic rings. The maximum Gasteiger partial charge on any atom is 0.293 e. The van der Waals surface area contributed by atoms with E-state index in [1.807, 2.05) is 6.92 Å². The molecule has 2 aromatic rings. The highest BCUT2D eigenvalue weighted by Crippen LogP contribution is 2.16. The fraction of sp³-hybridized carbons (Fsp3) is 0.462. The SMILES string of the molecule is Cc1ncnc2c1CCN(C(=O)c1ncn(C)n1)CC2. The quantitative estimate of drug-likeness (QED) is 0.739. The number of nitrogens with zero attached hydrogens (tertiary/aromatic N) is 6. The van der Waals surface area contributed by atoms with Gasteiger partial charge >= 0.3 is 0 Å². The number of amides is 1. The molecule has 1 aliphatic heterocycles. The van der Waals surface area contributed by atoms with Gasteiger partial charge in [0.2, 0.25) is 5.82 Å². The van der Waals surface area contributed by atoms with Gasteiger partial charge in [-0.2, -0.15) is 0 Å². The lowest BCUT2D eigenvalue weighted by molar-refractivity contribution is 0.0750. The molecule has 0 spiro atoms. The van der Waals surface area contributed by atoms with Gasteiger partial charge in [0.1, 0.15) is 12.7 Å². The Kier molecular flexibility index (Phi) is 3.17. The first-order chi connectivity index (χ1) is 9.65. The lowest BCUT2D eigenvalue weighted by atomic mass is 10.1. The molecule has 0 aliphatic carbocycles. The van der Waals surface area contributed by atoms with E-state index in [9.17, 15) is 4.79 Å². The van der Waals surface area contributed by atoms with Crippen molar-refractivity contribution in [3.05, 3.63) is 35.4 Å². The smallest absolute Gasteiger partial charge is 0.293 e. The van der Waals surface area contributed by atoms with Crippen LogP contribution in [0.25, 0.3) is 0 Å². The average Bonchev–Trinajstić information content (AvgIpc) is 2.74. The number of aromatic nitrogens is 5. The van der Waals surface area contributed by atoms with Crippen molar-refractivity contribution < 1.29 is 4.79 Å². The molecule has 20 heavy (non-hydrogen) atoms. The number of hydrogen-bond donors (Lipinski definition) is 0. The lowest BCUT2D eigenvalue weighted by Gasteiger charge is -2.18. The Morgan fingerprint density at radius 1 is 1.20 bits per heavy atom. The predicted octanol–water partition coefficient (Wildman–Crippen LogP) is 0.155. The first-order valence-corrected chi connectivity index (χ1v) is 6.59. The number of fused-ring (bicyclic) bond motifs is 1. The molecule has 0 radical (unpaired) electrons. The van der Waals surface area contributed by atoms with Gasteiger partial charge in [-0.25, -0.2) is 15.0 Å². The standard InChI is InChI=1S/C13H16N6O/c1-9-10-3-5-19(6-4-11(10)15-7-14-9)13(20)12-16-8-18(2)17-12/h7-8H,3-6H2,1-2H3. The zero-order valence-corrected chi connectivity index (χ0v) is 11.6. The van der Waals surface area contributed by atoms with Crippen LogP contribution in [-0.2, 0) is 19.9 Å². The van der Waals surface area contributed by atoms with Crippen LogP contribution in [0.2, 0.25) is 0 Å². The van der Waals surface area contributed by atoms with Crippen molar-refractivity contribution in [2.45, 2.75) is 19.8 Å². The van der Waals surface area contributed by atoms with Crippen molar-refractivity contribution in [3.63, 3.8) is 0 Å². The summed E-state index contributed by atoms with van der Waals surface area (Å²) in [4.78, 5) is 26.7. The van der Waals surface area contributed by atoms with Gasteiger partial charge in [0.15, 0.2) is 0 Å². The summed E-state index contributed by atoms with van der Waals surface area (Å²) in [7, 11) is 1.75. The van der Waals surface area contributed by atoms with Crippen LogP contribution in [0.5, 0.6) is 0 Å². The zero-order valence-electron chi connectivity index (χ0n) is 11.6. The van der Waals surface area contributed by atoms with Gasteiger partial charge in [-0.1, -0.05) is 0 Å². The van der Waals surface area contributed by atoms with E-state index in [4.69, 9.17) is 0 Å². The molecule has 3 rings (SSSR count). The van der Waals surface area contributed by atoms with Crippen molar-refractivity contribution in [3.8, 4) is 0 Å². The van der Waals surface area contributed by atoms with Crippen molar-refractivity contribution in [1.29, 1.82) is 0 Å². The van der Waals surface area contributed by atoms with E-state index in [0.29, 0.717) is 13.1 Å². The minimum absolute atomic E-state index is 0.121. The van der Waals surface area contributed by atoms with Gasteiger partial charge in [0.05, 0.1) is 0 Å². The molecule has 104 valence electrons. The minimum atomic E-state index is -0.121. The van der Waals surface area contributed by atoms with Crippen molar-refractivity contribution in [2.75, 3.05) is 13.1 Å². The molecule has 7 heteroatoms. The van der Waals surface area contributed by atoms with Crippen molar-refractivity contribution in [2.24, 2.45) is 7.05 Å². The van der Waals surface area contributed by atoms with Crippen LogP contribution in [0, 0.1) is 6.92 Å². The summed E-state index contributed by atoms with van der Waals surface area (Å²) in [5, 5.41) is 4.07.